The Bertz CT molecular complexity index is 626. The van der Waals surface area contributed by atoms with Gasteiger partial charge in [0.2, 0.25) is 0 Å². The SMILES string of the molecule is CC(Nc1c(Cl)cc(F)cc1Cl)c1ccc(F)c(Br)c1. The van der Waals surface area contributed by atoms with Gasteiger partial charge >= 0.3 is 0 Å². The molecule has 0 aliphatic heterocycles. The van der Waals surface area contributed by atoms with E-state index in [0.29, 0.717) is 10.2 Å². The fourth-order valence-electron chi connectivity index (χ4n) is 1.76. The minimum atomic E-state index is -0.497. The predicted octanol–water partition coefficient (Wildman–Crippen LogP) is 6.21. The maximum absolute atomic E-state index is 13.2. The zero-order valence-corrected chi connectivity index (χ0v) is 13.5. The van der Waals surface area contributed by atoms with Crippen molar-refractivity contribution in [2.75, 3.05) is 5.32 Å². The summed E-state index contributed by atoms with van der Waals surface area (Å²) in [6.45, 7) is 1.87. The molecule has 2 rings (SSSR count). The van der Waals surface area contributed by atoms with Gasteiger partial charge in [0.15, 0.2) is 0 Å². The third kappa shape index (κ3) is 3.43. The van der Waals surface area contributed by atoms with E-state index in [9.17, 15) is 8.78 Å². The van der Waals surface area contributed by atoms with Crippen molar-refractivity contribution in [1.82, 2.24) is 0 Å². The van der Waals surface area contributed by atoms with Crippen molar-refractivity contribution in [1.29, 1.82) is 0 Å². The molecule has 0 aliphatic rings. The highest BCUT2D eigenvalue weighted by molar-refractivity contribution is 9.10. The van der Waals surface area contributed by atoms with Gasteiger partial charge in [-0.1, -0.05) is 29.3 Å². The molecule has 0 amide bonds. The van der Waals surface area contributed by atoms with Crippen molar-refractivity contribution in [2.45, 2.75) is 13.0 Å². The number of rotatable bonds is 3. The third-order valence-corrected chi connectivity index (χ3v) is 4.02. The Hall–Kier alpha value is -0.840. The molecule has 0 saturated heterocycles. The van der Waals surface area contributed by atoms with Crippen LogP contribution < -0.4 is 5.32 Å². The van der Waals surface area contributed by atoms with Gasteiger partial charge in [0.1, 0.15) is 11.6 Å². The summed E-state index contributed by atoms with van der Waals surface area (Å²) in [5.41, 5.74) is 1.29. The van der Waals surface area contributed by atoms with Gasteiger partial charge in [-0.15, -0.1) is 0 Å². The summed E-state index contributed by atoms with van der Waals surface area (Å²) in [6.07, 6.45) is 0. The van der Waals surface area contributed by atoms with E-state index in [0.717, 1.165) is 5.56 Å². The first-order valence-corrected chi connectivity index (χ1v) is 7.29. The highest BCUT2D eigenvalue weighted by Gasteiger charge is 2.13. The summed E-state index contributed by atoms with van der Waals surface area (Å²) >= 11 is 15.1. The minimum Gasteiger partial charge on any atom is -0.376 e. The summed E-state index contributed by atoms with van der Waals surface area (Å²) in [5, 5.41) is 3.49. The van der Waals surface area contributed by atoms with Crippen LogP contribution in [0.4, 0.5) is 14.5 Å². The smallest absolute Gasteiger partial charge is 0.137 e. The fourth-order valence-corrected chi connectivity index (χ4v) is 2.73. The molecule has 0 aliphatic carbocycles. The molecule has 0 aromatic heterocycles. The van der Waals surface area contributed by atoms with Gasteiger partial charge < -0.3 is 5.32 Å². The molecule has 0 bridgehead atoms. The van der Waals surface area contributed by atoms with E-state index in [1.54, 1.807) is 12.1 Å². The van der Waals surface area contributed by atoms with Crippen molar-refractivity contribution >= 4 is 44.8 Å². The standard InChI is InChI=1S/C14H10BrCl2F2N/c1-7(8-2-3-13(19)10(15)4-8)20-14-11(16)5-9(18)6-12(14)17/h2-7,20H,1H3. The van der Waals surface area contributed by atoms with E-state index in [4.69, 9.17) is 23.2 Å². The van der Waals surface area contributed by atoms with Gasteiger partial charge in [-0.2, -0.15) is 0 Å². The third-order valence-electron chi connectivity index (χ3n) is 2.81. The summed E-state index contributed by atoms with van der Waals surface area (Å²) in [5.74, 6) is -0.832. The average molecular weight is 381 g/mol. The van der Waals surface area contributed by atoms with Gasteiger partial charge in [-0.25, -0.2) is 8.78 Å². The lowest BCUT2D eigenvalue weighted by molar-refractivity contribution is 0.619. The second kappa shape index (κ2) is 6.29. The molecule has 2 aromatic carbocycles. The summed E-state index contributed by atoms with van der Waals surface area (Å²) in [7, 11) is 0. The van der Waals surface area contributed by atoms with Gasteiger partial charge in [-0.3, -0.25) is 0 Å². The molecule has 20 heavy (non-hydrogen) atoms. The molecule has 0 fully saturated rings. The molecule has 1 N–H and O–H groups in total. The quantitative estimate of drug-likeness (QED) is 0.667. The van der Waals surface area contributed by atoms with Crippen LogP contribution in [0.25, 0.3) is 0 Å². The van der Waals surface area contributed by atoms with Gasteiger partial charge in [-0.05, 0) is 52.7 Å². The van der Waals surface area contributed by atoms with E-state index in [2.05, 4.69) is 21.2 Å². The number of halogens is 5. The van der Waals surface area contributed by atoms with Crippen LogP contribution in [0.2, 0.25) is 10.0 Å². The molecular formula is C14H10BrCl2F2N. The number of benzene rings is 2. The monoisotopic (exact) mass is 379 g/mol. The van der Waals surface area contributed by atoms with Gasteiger partial charge in [0.25, 0.3) is 0 Å². The van der Waals surface area contributed by atoms with Crippen LogP contribution in [-0.2, 0) is 0 Å². The second-order valence-corrected chi connectivity index (χ2v) is 5.95. The van der Waals surface area contributed by atoms with Crippen molar-refractivity contribution in [3.8, 4) is 0 Å². The van der Waals surface area contributed by atoms with Crippen molar-refractivity contribution in [3.05, 3.63) is 62.0 Å². The lowest BCUT2D eigenvalue weighted by Crippen LogP contribution is -2.08. The summed E-state index contributed by atoms with van der Waals surface area (Å²) in [6, 6.07) is 6.88. The first kappa shape index (κ1) is 15.5. The Labute approximate surface area is 134 Å². The van der Waals surface area contributed by atoms with Crippen LogP contribution in [-0.4, -0.2) is 0 Å². The lowest BCUT2D eigenvalue weighted by atomic mass is 10.1. The molecule has 1 atom stereocenters. The van der Waals surface area contributed by atoms with Gasteiger partial charge in [0.05, 0.1) is 20.2 Å². The van der Waals surface area contributed by atoms with E-state index < -0.39 is 5.82 Å². The molecule has 1 unspecified atom stereocenters. The maximum Gasteiger partial charge on any atom is 0.137 e. The molecule has 0 saturated carbocycles. The van der Waals surface area contributed by atoms with Crippen LogP contribution >= 0.6 is 39.1 Å². The minimum absolute atomic E-state index is 0.174. The molecule has 2 aromatic rings. The zero-order chi connectivity index (χ0) is 14.9. The molecule has 1 nitrogen and oxygen atoms in total. The van der Waals surface area contributed by atoms with Crippen LogP contribution in [0.3, 0.4) is 0 Å². The number of anilines is 1. The Kier molecular flexibility index (Phi) is 4.89. The lowest BCUT2D eigenvalue weighted by Gasteiger charge is -2.18. The van der Waals surface area contributed by atoms with Crippen molar-refractivity contribution in [3.63, 3.8) is 0 Å². The Morgan fingerprint density at radius 2 is 1.70 bits per heavy atom. The highest BCUT2D eigenvalue weighted by atomic mass is 79.9. The number of hydrogen-bond acceptors (Lipinski definition) is 1. The van der Waals surface area contributed by atoms with E-state index in [1.165, 1.54) is 18.2 Å². The molecular weight excluding hydrogens is 371 g/mol. The second-order valence-electron chi connectivity index (χ2n) is 4.28. The summed E-state index contributed by atoms with van der Waals surface area (Å²) in [4.78, 5) is 0. The maximum atomic E-state index is 13.2. The Morgan fingerprint density at radius 3 is 2.25 bits per heavy atom. The topological polar surface area (TPSA) is 12.0 Å². The largest absolute Gasteiger partial charge is 0.376 e. The molecule has 0 heterocycles. The fraction of sp³-hybridized carbons (Fsp3) is 0.143. The van der Waals surface area contributed by atoms with E-state index in [-0.39, 0.29) is 21.9 Å². The van der Waals surface area contributed by atoms with E-state index >= 15 is 0 Å². The predicted molar refractivity (Wildman–Crippen MR) is 82.6 cm³/mol. The van der Waals surface area contributed by atoms with E-state index in [1.807, 2.05) is 6.92 Å². The van der Waals surface area contributed by atoms with Crippen LogP contribution in [0.5, 0.6) is 0 Å². The highest BCUT2D eigenvalue weighted by Crippen LogP contribution is 2.34. The molecule has 0 radical (unpaired) electrons. The van der Waals surface area contributed by atoms with Crippen LogP contribution in [0.1, 0.15) is 18.5 Å². The number of nitrogens with one attached hydrogen (secondary N) is 1. The van der Waals surface area contributed by atoms with Crippen LogP contribution in [0, 0.1) is 11.6 Å². The van der Waals surface area contributed by atoms with Crippen molar-refractivity contribution < 1.29 is 8.78 Å². The van der Waals surface area contributed by atoms with Crippen LogP contribution in [0.15, 0.2) is 34.8 Å². The Balaban J connectivity index is 2.27. The first-order chi connectivity index (χ1) is 9.38. The Morgan fingerprint density at radius 1 is 1.10 bits per heavy atom. The molecule has 0 spiro atoms. The molecule has 6 heteroatoms. The zero-order valence-electron chi connectivity index (χ0n) is 10.4. The normalized spacial score (nSPS) is 12.3. The average Bonchev–Trinajstić information content (AvgIpc) is 2.36. The number of hydrogen-bond donors (Lipinski definition) is 1. The summed E-state index contributed by atoms with van der Waals surface area (Å²) < 4.78 is 26.7. The van der Waals surface area contributed by atoms with Gasteiger partial charge in [0, 0.05) is 6.04 Å². The first-order valence-electron chi connectivity index (χ1n) is 5.74. The molecule has 106 valence electrons. The van der Waals surface area contributed by atoms with Crippen molar-refractivity contribution in [2.24, 2.45) is 0 Å².